The molecule has 1 saturated carbocycles. The van der Waals surface area contributed by atoms with Crippen LogP contribution < -0.4 is 10.6 Å². The standard InChI is InChI=1S/C16H22N2OS/c1-20-13-8-7-12(10-13)17-15-9-6-11-4-2-3-5-14(11)18-16(15)19/h2-5,12-13,15,17H,6-10H2,1H3,(H,18,19). The Morgan fingerprint density at radius 3 is 2.90 bits per heavy atom. The van der Waals surface area contributed by atoms with E-state index in [9.17, 15) is 4.79 Å². The number of aryl methyl sites for hydroxylation is 1. The van der Waals surface area contributed by atoms with Crippen LogP contribution in [0.3, 0.4) is 0 Å². The van der Waals surface area contributed by atoms with Gasteiger partial charge in [-0.2, -0.15) is 11.8 Å². The average molecular weight is 290 g/mol. The van der Waals surface area contributed by atoms with Crippen molar-refractivity contribution >= 4 is 23.4 Å². The summed E-state index contributed by atoms with van der Waals surface area (Å²) in [4.78, 5) is 12.3. The first-order valence-corrected chi connectivity index (χ1v) is 8.72. The summed E-state index contributed by atoms with van der Waals surface area (Å²) < 4.78 is 0. The highest BCUT2D eigenvalue weighted by Crippen LogP contribution is 2.29. The molecule has 1 aromatic carbocycles. The summed E-state index contributed by atoms with van der Waals surface area (Å²) in [5.41, 5.74) is 2.23. The molecule has 0 saturated heterocycles. The number of fused-ring (bicyclic) bond motifs is 1. The quantitative estimate of drug-likeness (QED) is 0.899. The van der Waals surface area contributed by atoms with Gasteiger partial charge in [0.15, 0.2) is 0 Å². The first-order valence-electron chi connectivity index (χ1n) is 7.44. The second kappa shape index (κ2) is 6.19. The van der Waals surface area contributed by atoms with Gasteiger partial charge in [0, 0.05) is 17.0 Å². The minimum absolute atomic E-state index is 0.0481. The van der Waals surface area contributed by atoms with Crippen LogP contribution in [0.1, 0.15) is 31.2 Å². The molecule has 20 heavy (non-hydrogen) atoms. The number of anilines is 1. The zero-order chi connectivity index (χ0) is 13.9. The van der Waals surface area contributed by atoms with E-state index in [1.165, 1.54) is 24.8 Å². The Kier molecular flexibility index (Phi) is 4.32. The summed E-state index contributed by atoms with van der Waals surface area (Å²) >= 11 is 1.95. The van der Waals surface area contributed by atoms with E-state index >= 15 is 0 Å². The second-order valence-corrected chi connectivity index (χ2v) is 6.91. The Bertz CT molecular complexity index is 491. The number of benzene rings is 1. The molecule has 4 heteroatoms. The number of carbonyl (C=O) groups excluding carboxylic acids is 1. The molecule has 108 valence electrons. The number of amides is 1. The number of hydrogen-bond acceptors (Lipinski definition) is 3. The van der Waals surface area contributed by atoms with Crippen molar-refractivity contribution in [3.63, 3.8) is 0 Å². The Balaban J connectivity index is 1.63. The van der Waals surface area contributed by atoms with Crippen LogP contribution in [0.25, 0.3) is 0 Å². The van der Waals surface area contributed by atoms with Crippen molar-refractivity contribution in [2.75, 3.05) is 11.6 Å². The van der Waals surface area contributed by atoms with Crippen LogP contribution in [0.2, 0.25) is 0 Å². The minimum Gasteiger partial charge on any atom is -0.324 e. The number of carbonyl (C=O) groups is 1. The molecule has 1 fully saturated rings. The molecule has 1 heterocycles. The fourth-order valence-corrected chi connectivity index (χ4v) is 4.06. The summed E-state index contributed by atoms with van der Waals surface area (Å²) in [7, 11) is 0. The van der Waals surface area contributed by atoms with Crippen LogP contribution in [0.4, 0.5) is 5.69 Å². The highest BCUT2D eigenvalue weighted by molar-refractivity contribution is 7.99. The van der Waals surface area contributed by atoms with Gasteiger partial charge in [-0.1, -0.05) is 18.2 Å². The monoisotopic (exact) mass is 290 g/mol. The number of para-hydroxylation sites is 1. The van der Waals surface area contributed by atoms with Gasteiger partial charge in [0.05, 0.1) is 6.04 Å². The van der Waals surface area contributed by atoms with Crippen LogP contribution in [0.15, 0.2) is 24.3 Å². The summed E-state index contributed by atoms with van der Waals surface area (Å²) in [5.74, 6) is 0.127. The van der Waals surface area contributed by atoms with Gasteiger partial charge in [0.25, 0.3) is 0 Å². The first kappa shape index (κ1) is 14.0. The predicted molar refractivity (Wildman–Crippen MR) is 85.3 cm³/mol. The van der Waals surface area contributed by atoms with Gasteiger partial charge in [0.1, 0.15) is 0 Å². The lowest BCUT2D eigenvalue weighted by Gasteiger charge is -2.20. The molecule has 1 aliphatic heterocycles. The Morgan fingerprint density at radius 1 is 1.25 bits per heavy atom. The second-order valence-electron chi connectivity index (χ2n) is 5.77. The van der Waals surface area contributed by atoms with Crippen LogP contribution in [-0.2, 0) is 11.2 Å². The highest BCUT2D eigenvalue weighted by atomic mass is 32.2. The largest absolute Gasteiger partial charge is 0.324 e. The third kappa shape index (κ3) is 3.01. The molecule has 2 aliphatic rings. The van der Waals surface area contributed by atoms with Crippen LogP contribution in [0, 0.1) is 0 Å². The average Bonchev–Trinajstić information content (AvgIpc) is 2.85. The maximum absolute atomic E-state index is 12.3. The van der Waals surface area contributed by atoms with E-state index in [0.717, 1.165) is 23.8 Å². The molecular weight excluding hydrogens is 268 g/mol. The zero-order valence-electron chi connectivity index (χ0n) is 11.9. The molecule has 3 nitrogen and oxygen atoms in total. The SMILES string of the molecule is CSC1CCC(NC2CCc3ccccc3NC2=O)C1. The van der Waals surface area contributed by atoms with E-state index in [4.69, 9.17) is 0 Å². The molecule has 0 aromatic heterocycles. The van der Waals surface area contributed by atoms with Crippen molar-refractivity contribution in [3.8, 4) is 0 Å². The molecule has 3 rings (SSSR count). The molecule has 0 radical (unpaired) electrons. The maximum Gasteiger partial charge on any atom is 0.241 e. The van der Waals surface area contributed by atoms with Crippen molar-refractivity contribution in [2.45, 2.75) is 49.4 Å². The highest BCUT2D eigenvalue weighted by Gasteiger charge is 2.29. The van der Waals surface area contributed by atoms with Crippen LogP contribution in [-0.4, -0.2) is 29.5 Å². The third-order valence-electron chi connectivity index (χ3n) is 4.45. The normalized spacial score (nSPS) is 29.6. The third-order valence-corrected chi connectivity index (χ3v) is 5.54. The van der Waals surface area contributed by atoms with Crippen LogP contribution in [0.5, 0.6) is 0 Å². The van der Waals surface area contributed by atoms with Gasteiger partial charge in [-0.05, 0) is 50.0 Å². The van der Waals surface area contributed by atoms with E-state index < -0.39 is 0 Å². The summed E-state index contributed by atoms with van der Waals surface area (Å²) in [6, 6.07) is 8.58. The number of rotatable bonds is 3. The van der Waals surface area contributed by atoms with Gasteiger partial charge in [-0.3, -0.25) is 4.79 Å². The van der Waals surface area contributed by atoms with E-state index in [0.29, 0.717) is 6.04 Å². The molecule has 1 aliphatic carbocycles. The number of nitrogens with one attached hydrogen (secondary N) is 2. The molecule has 1 amide bonds. The molecule has 1 aromatic rings. The van der Waals surface area contributed by atoms with Crippen molar-refractivity contribution in [1.29, 1.82) is 0 Å². The summed E-state index contributed by atoms with van der Waals surface area (Å²) in [6.45, 7) is 0. The fraction of sp³-hybridized carbons (Fsp3) is 0.562. The lowest BCUT2D eigenvalue weighted by Crippen LogP contribution is -2.44. The van der Waals surface area contributed by atoms with E-state index in [1.54, 1.807) is 0 Å². The van der Waals surface area contributed by atoms with E-state index in [-0.39, 0.29) is 11.9 Å². The van der Waals surface area contributed by atoms with Gasteiger partial charge >= 0.3 is 0 Å². The fourth-order valence-electron chi connectivity index (χ4n) is 3.26. The molecular formula is C16H22N2OS. The topological polar surface area (TPSA) is 41.1 Å². The van der Waals surface area contributed by atoms with Crippen molar-refractivity contribution in [3.05, 3.63) is 29.8 Å². The molecule has 3 unspecified atom stereocenters. The smallest absolute Gasteiger partial charge is 0.241 e. The van der Waals surface area contributed by atoms with Gasteiger partial charge in [0.2, 0.25) is 5.91 Å². The molecule has 0 spiro atoms. The summed E-state index contributed by atoms with van der Waals surface area (Å²) in [5, 5.41) is 7.41. The molecule has 0 bridgehead atoms. The van der Waals surface area contributed by atoms with Gasteiger partial charge in [-0.25, -0.2) is 0 Å². The lowest BCUT2D eigenvalue weighted by atomic mass is 10.1. The van der Waals surface area contributed by atoms with Crippen molar-refractivity contribution in [1.82, 2.24) is 5.32 Å². The van der Waals surface area contributed by atoms with E-state index in [1.807, 2.05) is 30.0 Å². The Hall–Kier alpha value is -1.00. The lowest BCUT2D eigenvalue weighted by molar-refractivity contribution is -0.118. The summed E-state index contributed by atoms with van der Waals surface area (Å²) in [6.07, 6.45) is 7.70. The predicted octanol–water partition coefficient (Wildman–Crippen LogP) is 2.81. The minimum atomic E-state index is -0.0481. The Labute approximate surface area is 124 Å². The van der Waals surface area contributed by atoms with Gasteiger partial charge in [-0.15, -0.1) is 0 Å². The van der Waals surface area contributed by atoms with Crippen molar-refractivity contribution < 1.29 is 4.79 Å². The number of thioether (sulfide) groups is 1. The Morgan fingerprint density at radius 2 is 2.10 bits per heavy atom. The molecule has 3 atom stereocenters. The van der Waals surface area contributed by atoms with Crippen LogP contribution >= 0.6 is 11.8 Å². The van der Waals surface area contributed by atoms with E-state index in [2.05, 4.69) is 23.0 Å². The molecule has 2 N–H and O–H groups in total. The van der Waals surface area contributed by atoms with Gasteiger partial charge < -0.3 is 10.6 Å². The zero-order valence-corrected chi connectivity index (χ0v) is 12.7. The first-order chi connectivity index (χ1) is 9.76. The number of hydrogen-bond donors (Lipinski definition) is 2. The maximum atomic E-state index is 12.3. The van der Waals surface area contributed by atoms with Crippen molar-refractivity contribution in [2.24, 2.45) is 0 Å².